The van der Waals surface area contributed by atoms with E-state index in [9.17, 15) is 0 Å². The summed E-state index contributed by atoms with van der Waals surface area (Å²) in [6.45, 7) is 13.1. The van der Waals surface area contributed by atoms with Crippen molar-refractivity contribution in [3.63, 3.8) is 0 Å². The summed E-state index contributed by atoms with van der Waals surface area (Å²) in [7, 11) is 0. The van der Waals surface area contributed by atoms with Crippen LogP contribution in [0.2, 0.25) is 0 Å². The standard InChI is InChI=1S/C6H15N.C6H14.Li/c1-5(2)7-6(3)4;1-3-5-6-4-2;/h5-7H,1-4H3;3-6H2,1-2H3;. The minimum Gasteiger partial charge on any atom is -0.312 e. The van der Waals surface area contributed by atoms with Crippen LogP contribution in [0, 0.1) is 0 Å². The summed E-state index contributed by atoms with van der Waals surface area (Å²) in [4.78, 5) is 0. The summed E-state index contributed by atoms with van der Waals surface area (Å²) in [6, 6.07) is 1.25. The third kappa shape index (κ3) is 29.4. The van der Waals surface area contributed by atoms with Crippen molar-refractivity contribution in [1.29, 1.82) is 0 Å². The van der Waals surface area contributed by atoms with Gasteiger partial charge in [0.05, 0.1) is 0 Å². The van der Waals surface area contributed by atoms with Gasteiger partial charge in [0.15, 0.2) is 0 Å². The molecule has 0 aliphatic heterocycles. The molecule has 0 heterocycles. The molecule has 0 aromatic carbocycles. The molecule has 0 aliphatic rings. The fourth-order valence-electron chi connectivity index (χ4n) is 1.17. The van der Waals surface area contributed by atoms with Gasteiger partial charge < -0.3 is 5.32 Å². The van der Waals surface area contributed by atoms with E-state index in [4.69, 9.17) is 0 Å². The maximum absolute atomic E-state index is 3.31. The first-order chi connectivity index (χ1) is 6.04. The van der Waals surface area contributed by atoms with Crippen molar-refractivity contribution < 1.29 is 0 Å². The zero-order valence-electron chi connectivity index (χ0n) is 11.5. The molecule has 0 saturated heterocycles. The molecule has 1 N–H and O–H groups in total. The van der Waals surface area contributed by atoms with Gasteiger partial charge in [-0.25, -0.2) is 0 Å². The van der Waals surface area contributed by atoms with Gasteiger partial charge in [-0.15, -0.1) is 0 Å². The van der Waals surface area contributed by atoms with Crippen LogP contribution >= 0.6 is 0 Å². The molecule has 1 nitrogen and oxygen atoms in total. The average Bonchev–Trinajstić information content (AvgIpc) is 1.99. The topological polar surface area (TPSA) is 12.0 Å². The Hall–Kier alpha value is 0.557. The van der Waals surface area contributed by atoms with E-state index in [1.165, 1.54) is 25.7 Å². The van der Waals surface area contributed by atoms with E-state index in [2.05, 4.69) is 46.9 Å². The van der Waals surface area contributed by atoms with Crippen LogP contribution in [0.5, 0.6) is 0 Å². The Labute approximate surface area is 104 Å². The van der Waals surface area contributed by atoms with E-state index < -0.39 is 0 Å². The fourth-order valence-corrected chi connectivity index (χ4v) is 1.17. The zero-order chi connectivity index (χ0) is 10.7. The number of rotatable bonds is 5. The summed E-state index contributed by atoms with van der Waals surface area (Å²) < 4.78 is 0. The first kappa shape index (κ1) is 20.0. The average molecular weight is 194 g/mol. The van der Waals surface area contributed by atoms with Gasteiger partial charge in [0.25, 0.3) is 0 Å². The summed E-state index contributed by atoms with van der Waals surface area (Å²) >= 11 is 0. The Morgan fingerprint density at radius 3 is 1.14 bits per heavy atom. The number of unbranched alkanes of at least 4 members (excludes halogenated alkanes) is 3. The molecule has 83 valence electrons. The van der Waals surface area contributed by atoms with Gasteiger partial charge in [0.2, 0.25) is 0 Å². The van der Waals surface area contributed by atoms with E-state index in [-0.39, 0.29) is 18.9 Å². The molecule has 0 amide bonds. The Morgan fingerprint density at radius 1 is 0.786 bits per heavy atom. The third-order valence-corrected chi connectivity index (χ3v) is 1.62. The Bertz CT molecular complexity index is 72.4. The van der Waals surface area contributed by atoms with Gasteiger partial charge in [0.1, 0.15) is 0 Å². The van der Waals surface area contributed by atoms with Crippen molar-refractivity contribution in [2.75, 3.05) is 0 Å². The molecule has 14 heavy (non-hydrogen) atoms. The minimum atomic E-state index is 0. The summed E-state index contributed by atoms with van der Waals surface area (Å²) in [5.74, 6) is 0. The van der Waals surface area contributed by atoms with Gasteiger partial charge in [-0.1, -0.05) is 67.2 Å². The number of hydrogen-bond donors (Lipinski definition) is 1. The number of nitrogens with one attached hydrogen (secondary N) is 1. The zero-order valence-corrected chi connectivity index (χ0v) is 11.5. The van der Waals surface area contributed by atoms with Crippen LogP contribution in [0.25, 0.3) is 0 Å². The Balaban J connectivity index is -0.000000163. The van der Waals surface area contributed by atoms with Crippen molar-refractivity contribution in [2.24, 2.45) is 0 Å². The van der Waals surface area contributed by atoms with Crippen LogP contribution in [0.3, 0.4) is 0 Å². The van der Waals surface area contributed by atoms with Gasteiger partial charge in [-0.2, -0.15) is 0 Å². The Kier molecular flexibility index (Phi) is 22.9. The molecular weight excluding hydrogens is 165 g/mol. The normalized spacial score (nSPS) is 9.43. The minimum absolute atomic E-state index is 0. The smallest absolute Gasteiger partial charge is 0.00127 e. The van der Waals surface area contributed by atoms with E-state index in [1.54, 1.807) is 0 Å². The van der Waals surface area contributed by atoms with Crippen LogP contribution in [0.1, 0.15) is 67.2 Å². The van der Waals surface area contributed by atoms with Gasteiger partial charge >= 0.3 is 0 Å². The van der Waals surface area contributed by atoms with Gasteiger partial charge in [0, 0.05) is 30.9 Å². The molecule has 2 heteroatoms. The van der Waals surface area contributed by atoms with Gasteiger partial charge in [-0.3, -0.25) is 0 Å². The van der Waals surface area contributed by atoms with Crippen molar-refractivity contribution in [3.05, 3.63) is 0 Å². The molecule has 0 bridgehead atoms. The summed E-state index contributed by atoms with van der Waals surface area (Å²) in [6.07, 6.45) is 5.54. The molecule has 0 unspecified atom stereocenters. The predicted octanol–water partition coefficient (Wildman–Crippen LogP) is 3.60. The van der Waals surface area contributed by atoms with Crippen LogP contribution in [0.15, 0.2) is 0 Å². The monoisotopic (exact) mass is 194 g/mol. The van der Waals surface area contributed by atoms with Crippen molar-refractivity contribution in [1.82, 2.24) is 5.32 Å². The molecular formula is C12H29LiN. The van der Waals surface area contributed by atoms with Crippen LogP contribution in [0.4, 0.5) is 0 Å². The van der Waals surface area contributed by atoms with E-state index in [0.29, 0.717) is 12.1 Å². The molecule has 0 aromatic rings. The molecule has 0 aromatic heterocycles. The van der Waals surface area contributed by atoms with E-state index in [1.807, 2.05) is 0 Å². The van der Waals surface area contributed by atoms with Crippen molar-refractivity contribution in [3.8, 4) is 0 Å². The molecule has 0 spiro atoms. The van der Waals surface area contributed by atoms with E-state index in [0.717, 1.165) is 0 Å². The summed E-state index contributed by atoms with van der Waals surface area (Å²) in [5.41, 5.74) is 0. The van der Waals surface area contributed by atoms with Crippen LogP contribution in [-0.2, 0) is 0 Å². The third-order valence-electron chi connectivity index (χ3n) is 1.62. The second-order valence-electron chi connectivity index (χ2n) is 4.18. The fraction of sp³-hybridized carbons (Fsp3) is 1.00. The van der Waals surface area contributed by atoms with Gasteiger partial charge in [-0.05, 0) is 0 Å². The maximum Gasteiger partial charge on any atom is 0.00127 e. The Morgan fingerprint density at radius 2 is 1.07 bits per heavy atom. The summed E-state index contributed by atoms with van der Waals surface area (Å²) in [5, 5.41) is 3.31. The van der Waals surface area contributed by atoms with Crippen LogP contribution < -0.4 is 5.32 Å². The molecule has 0 saturated carbocycles. The van der Waals surface area contributed by atoms with Crippen molar-refractivity contribution >= 4 is 18.9 Å². The quantitative estimate of drug-likeness (QED) is 0.521. The molecule has 1 radical (unpaired) electrons. The first-order valence-corrected chi connectivity index (χ1v) is 5.80. The SMILES string of the molecule is CC(C)NC(C)C.CCCCCC.[Li]. The predicted molar refractivity (Wildman–Crippen MR) is 69.0 cm³/mol. The molecule has 0 atom stereocenters. The molecule has 0 fully saturated rings. The number of hydrogen-bond acceptors (Lipinski definition) is 1. The van der Waals surface area contributed by atoms with Crippen LogP contribution in [-0.4, -0.2) is 30.9 Å². The van der Waals surface area contributed by atoms with Crippen molar-refractivity contribution in [2.45, 2.75) is 79.3 Å². The largest absolute Gasteiger partial charge is 0.312 e. The van der Waals surface area contributed by atoms with E-state index >= 15 is 0 Å². The first-order valence-electron chi connectivity index (χ1n) is 5.80. The maximum atomic E-state index is 3.31. The second-order valence-corrected chi connectivity index (χ2v) is 4.18. The second kappa shape index (κ2) is 16.0. The molecule has 0 rings (SSSR count). The molecule has 0 aliphatic carbocycles.